The highest BCUT2D eigenvalue weighted by atomic mass is 19.1. The minimum Gasteiger partial charge on any atom is -0.385 e. The monoisotopic (exact) mass is 500 g/mol. The number of amides is 1. The number of nitriles is 1. The molecule has 4 aromatic rings. The summed E-state index contributed by atoms with van der Waals surface area (Å²) in [4.78, 5) is 25.6. The molecule has 0 saturated heterocycles. The van der Waals surface area contributed by atoms with E-state index in [1.165, 1.54) is 30.0 Å². The summed E-state index contributed by atoms with van der Waals surface area (Å²) >= 11 is 0. The molecule has 0 spiro atoms. The van der Waals surface area contributed by atoms with E-state index in [1.807, 2.05) is 6.07 Å². The second kappa shape index (κ2) is 9.91. The van der Waals surface area contributed by atoms with E-state index >= 15 is 4.39 Å². The van der Waals surface area contributed by atoms with E-state index in [9.17, 15) is 15.2 Å². The molecule has 0 radical (unpaired) electrons. The van der Waals surface area contributed by atoms with Crippen LogP contribution in [0.1, 0.15) is 59.2 Å². The molecule has 1 aliphatic carbocycles. The summed E-state index contributed by atoms with van der Waals surface area (Å²) in [7, 11) is 0. The highest BCUT2D eigenvalue weighted by Crippen LogP contribution is 2.37. The number of hydrogen-bond donors (Lipinski definition) is 3. The normalized spacial score (nSPS) is 16.4. The molecule has 37 heavy (non-hydrogen) atoms. The molecule has 0 aromatic carbocycles. The largest absolute Gasteiger partial charge is 0.385 e. The molecule has 10 nitrogen and oxygen atoms in total. The summed E-state index contributed by atoms with van der Waals surface area (Å²) in [5.41, 5.74) is 0.0708. The average Bonchev–Trinajstić information content (AvgIpc) is 3.70. The zero-order valence-corrected chi connectivity index (χ0v) is 20.0. The molecule has 1 saturated carbocycles. The van der Waals surface area contributed by atoms with Gasteiger partial charge in [-0.3, -0.25) is 9.78 Å². The molecule has 3 atom stereocenters. The van der Waals surface area contributed by atoms with Crippen LogP contribution in [0.25, 0.3) is 5.52 Å². The first-order chi connectivity index (χ1) is 17.9. The van der Waals surface area contributed by atoms with Crippen LogP contribution in [0.3, 0.4) is 0 Å². The number of alkyl halides is 1. The van der Waals surface area contributed by atoms with Gasteiger partial charge in [-0.05, 0) is 50.1 Å². The maximum Gasteiger partial charge on any atom is 0.253 e. The van der Waals surface area contributed by atoms with Crippen LogP contribution in [-0.2, 0) is 0 Å². The molecule has 1 aliphatic rings. The highest BCUT2D eigenvalue weighted by Gasteiger charge is 2.41. The fraction of sp³-hybridized carbons (Fsp3) is 0.308. The van der Waals surface area contributed by atoms with Crippen LogP contribution in [0.4, 0.5) is 10.1 Å². The molecule has 1 amide bonds. The smallest absolute Gasteiger partial charge is 0.253 e. The Balaban J connectivity index is 1.41. The molecule has 4 heterocycles. The molecule has 3 N–H and O–H groups in total. The average molecular weight is 501 g/mol. The fourth-order valence-corrected chi connectivity index (χ4v) is 4.05. The Morgan fingerprint density at radius 3 is 2.73 bits per heavy atom. The second-order valence-electron chi connectivity index (χ2n) is 9.36. The van der Waals surface area contributed by atoms with Crippen molar-refractivity contribution in [2.24, 2.45) is 0 Å². The number of halogens is 1. The van der Waals surface area contributed by atoms with Gasteiger partial charge in [-0.2, -0.15) is 10.4 Å². The van der Waals surface area contributed by atoms with Gasteiger partial charge in [0.05, 0.1) is 46.6 Å². The molecule has 0 unspecified atom stereocenters. The molecule has 188 valence electrons. The minimum absolute atomic E-state index is 0.172. The summed E-state index contributed by atoms with van der Waals surface area (Å²) in [6.07, 6.45) is 7.69. The minimum atomic E-state index is -1.96. The molecule has 0 bridgehead atoms. The Labute approximate surface area is 212 Å². The Morgan fingerprint density at radius 2 is 2.05 bits per heavy atom. The Morgan fingerprint density at radius 1 is 1.27 bits per heavy atom. The number of fused-ring (bicyclic) bond motifs is 1. The lowest BCUT2D eigenvalue weighted by molar-refractivity contribution is -0.0253. The first-order valence-electron chi connectivity index (χ1n) is 11.9. The Bertz CT molecular complexity index is 1450. The van der Waals surface area contributed by atoms with Gasteiger partial charge in [0.1, 0.15) is 23.5 Å². The van der Waals surface area contributed by atoms with E-state index in [1.54, 1.807) is 42.7 Å². The maximum atomic E-state index is 16.2. The van der Waals surface area contributed by atoms with Gasteiger partial charge in [0, 0.05) is 24.9 Å². The van der Waals surface area contributed by atoms with Crippen molar-refractivity contribution in [1.29, 1.82) is 5.26 Å². The van der Waals surface area contributed by atoms with Crippen molar-refractivity contribution in [2.75, 3.05) is 11.9 Å². The van der Waals surface area contributed by atoms with Gasteiger partial charge in [0.2, 0.25) is 0 Å². The lowest BCUT2D eigenvalue weighted by atomic mass is 9.92. The third-order valence-electron chi connectivity index (χ3n) is 6.34. The zero-order valence-electron chi connectivity index (χ0n) is 20.0. The van der Waals surface area contributed by atoms with Gasteiger partial charge in [0.25, 0.3) is 5.91 Å². The number of hydrogen-bond acceptors (Lipinski definition) is 8. The molecule has 4 aromatic heterocycles. The summed E-state index contributed by atoms with van der Waals surface area (Å²) in [6, 6.07) is 8.79. The van der Waals surface area contributed by atoms with Gasteiger partial charge in [0.15, 0.2) is 6.17 Å². The fourth-order valence-electron chi connectivity index (χ4n) is 4.05. The van der Waals surface area contributed by atoms with Crippen molar-refractivity contribution in [3.8, 4) is 6.07 Å². The Hall–Kier alpha value is -4.43. The van der Waals surface area contributed by atoms with E-state index in [4.69, 9.17) is 0 Å². The van der Waals surface area contributed by atoms with Crippen molar-refractivity contribution >= 4 is 17.1 Å². The summed E-state index contributed by atoms with van der Waals surface area (Å²) in [5.74, 6) is 0.634. The highest BCUT2D eigenvalue weighted by molar-refractivity contribution is 5.94. The van der Waals surface area contributed by atoms with E-state index in [0.29, 0.717) is 28.4 Å². The number of rotatable bonds is 9. The number of nitrogens with one attached hydrogen (secondary N) is 2. The van der Waals surface area contributed by atoms with Gasteiger partial charge in [-0.15, -0.1) is 0 Å². The van der Waals surface area contributed by atoms with Crippen molar-refractivity contribution in [1.82, 2.24) is 29.9 Å². The van der Waals surface area contributed by atoms with Crippen molar-refractivity contribution in [2.45, 2.75) is 43.5 Å². The van der Waals surface area contributed by atoms with Crippen molar-refractivity contribution < 1.29 is 14.3 Å². The predicted molar refractivity (Wildman–Crippen MR) is 132 cm³/mol. The van der Waals surface area contributed by atoms with Crippen LogP contribution in [0.5, 0.6) is 0 Å². The lowest BCUT2D eigenvalue weighted by Crippen LogP contribution is -2.50. The maximum absolute atomic E-state index is 16.2. The third-order valence-corrected chi connectivity index (χ3v) is 6.34. The van der Waals surface area contributed by atoms with Gasteiger partial charge in [-0.25, -0.2) is 18.9 Å². The van der Waals surface area contributed by atoms with E-state index in [-0.39, 0.29) is 12.1 Å². The van der Waals surface area contributed by atoms with Crippen molar-refractivity contribution in [3.63, 3.8) is 0 Å². The first-order valence-corrected chi connectivity index (χ1v) is 11.9. The van der Waals surface area contributed by atoms with E-state index in [0.717, 1.165) is 18.7 Å². The predicted octanol–water partition coefficient (Wildman–Crippen LogP) is 2.94. The zero-order chi connectivity index (χ0) is 26.0. The van der Waals surface area contributed by atoms with E-state index in [2.05, 4.69) is 30.7 Å². The van der Waals surface area contributed by atoms with Crippen LogP contribution in [-0.4, -0.2) is 53.9 Å². The van der Waals surface area contributed by atoms with E-state index < -0.39 is 23.7 Å². The number of aliphatic hydroxyl groups is 1. The molecule has 11 heteroatoms. The molecule has 1 fully saturated rings. The summed E-state index contributed by atoms with van der Waals surface area (Å²) < 4.78 is 17.6. The number of anilines is 1. The molecular formula is C26H25FN8O2. The second-order valence-corrected chi connectivity index (χ2v) is 9.36. The van der Waals surface area contributed by atoms with Gasteiger partial charge < -0.3 is 15.7 Å². The lowest BCUT2D eigenvalue weighted by Gasteiger charge is -2.33. The van der Waals surface area contributed by atoms with Crippen LogP contribution in [0.15, 0.2) is 61.3 Å². The topological polar surface area (TPSA) is 141 Å². The van der Waals surface area contributed by atoms with Crippen LogP contribution >= 0.6 is 0 Å². The SMILES string of the molecule is C[C@@](O)(CNc1cnc(C2CC2)nc1)[C@H](F)[C@H](NC(=O)c1cccnc1)c1ccc2cc(C#N)cnn12. The number of nitrogens with zero attached hydrogens (tertiary/aromatic N) is 6. The van der Waals surface area contributed by atoms with Crippen LogP contribution < -0.4 is 10.6 Å². The number of carbonyl (C=O) groups is 1. The summed E-state index contributed by atoms with van der Waals surface area (Å²) in [5, 5.41) is 30.3. The molecular weight excluding hydrogens is 475 g/mol. The van der Waals surface area contributed by atoms with Gasteiger partial charge in [-0.1, -0.05) is 0 Å². The number of aromatic nitrogens is 5. The first kappa shape index (κ1) is 24.3. The number of pyridine rings is 1. The Kier molecular flexibility index (Phi) is 6.50. The van der Waals surface area contributed by atoms with Crippen LogP contribution in [0.2, 0.25) is 0 Å². The molecule has 5 rings (SSSR count). The van der Waals surface area contributed by atoms with Crippen LogP contribution in [0, 0.1) is 11.3 Å². The van der Waals surface area contributed by atoms with Gasteiger partial charge >= 0.3 is 0 Å². The summed E-state index contributed by atoms with van der Waals surface area (Å²) in [6.45, 7) is 1.18. The standard InChI is InChI=1S/C26H25FN8O2/c1-26(37,15-32-19-13-30-24(31-14-19)17-4-5-17)23(27)22(34-25(36)18-3-2-8-29-12-18)21-7-6-20-9-16(10-28)11-33-35(20)21/h2-3,6-9,11-14,17,22-23,32,37H,4-5,15H2,1H3,(H,34,36)/t22-,23-,26-/m1/s1. The van der Waals surface area contributed by atoms with Crippen molar-refractivity contribution in [3.05, 3.63) is 84.0 Å². The third kappa shape index (κ3) is 5.24. The molecule has 0 aliphatic heterocycles. The quantitative estimate of drug-likeness (QED) is 0.319. The number of carbonyl (C=O) groups excluding carboxylic acids is 1.